The number of hydrogen-bond donors (Lipinski definition) is 2. The fourth-order valence-corrected chi connectivity index (χ4v) is 3.99. The zero-order valence-electron chi connectivity index (χ0n) is 19.3. The van der Waals surface area contributed by atoms with Gasteiger partial charge in [0.05, 0.1) is 29.6 Å². The van der Waals surface area contributed by atoms with Gasteiger partial charge in [-0.3, -0.25) is 9.89 Å². The van der Waals surface area contributed by atoms with Crippen molar-refractivity contribution in [1.82, 2.24) is 9.88 Å². The van der Waals surface area contributed by atoms with Crippen LogP contribution in [0.1, 0.15) is 34.0 Å². The van der Waals surface area contributed by atoms with Gasteiger partial charge in [-0.05, 0) is 61.5 Å². The molecule has 4 rings (SSSR count). The zero-order chi connectivity index (χ0) is 24.2. The Balaban J connectivity index is 1.48. The minimum atomic E-state index is -0.439. The van der Waals surface area contributed by atoms with E-state index in [1.165, 1.54) is 19.2 Å². The summed E-state index contributed by atoms with van der Waals surface area (Å²) in [6, 6.07) is 19.5. The standard InChI is InChI=1S/C27H26FN3O3/c1-17(25-23-13-8-20(27(33)34-3)14-24(23)30-26(25)32)29-22-11-6-19(7-12-22)16-31(2)15-18-4-9-21(28)10-5-18/h4-14,30,32H,15-16H2,1-3H3. The lowest BCUT2D eigenvalue weighted by Gasteiger charge is -2.17. The Bertz CT molecular complexity index is 1340. The molecule has 0 aliphatic rings. The first-order valence-corrected chi connectivity index (χ1v) is 10.8. The lowest BCUT2D eigenvalue weighted by atomic mass is 10.1. The van der Waals surface area contributed by atoms with E-state index in [4.69, 9.17) is 4.74 Å². The Morgan fingerprint density at radius 2 is 1.65 bits per heavy atom. The molecule has 4 aromatic rings. The summed E-state index contributed by atoms with van der Waals surface area (Å²) in [5.74, 6) is -0.673. The fourth-order valence-electron chi connectivity index (χ4n) is 3.99. The largest absolute Gasteiger partial charge is 0.494 e. The van der Waals surface area contributed by atoms with Crippen molar-refractivity contribution < 1.29 is 19.0 Å². The van der Waals surface area contributed by atoms with Gasteiger partial charge >= 0.3 is 5.97 Å². The molecule has 174 valence electrons. The third kappa shape index (κ3) is 5.15. The van der Waals surface area contributed by atoms with Crippen LogP contribution in [0.25, 0.3) is 10.9 Å². The van der Waals surface area contributed by atoms with Crippen molar-refractivity contribution in [3.63, 3.8) is 0 Å². The molecular formula is C27H26FN3O3. The van der Waals surface area contributed by atoms with E-state index in [1.54, 1.807) is 30.3 Å². The topological polar surface area (TPSA) is 77.9 Å². The van der Waals surface area contributed by atoms with E-state index in [1.807, 2.05) is 38.2 Å². The highest BCUT2D eigenvalue weighted by atomic mass is 19.1. The fraction of sp³-hybridized carbons (Fsp3) is 0.185. The normalized spacial score (nSPS) is 11.9. The van der Waals surface area contributed by atoms with Crippen LogP contribution in [-0.2, 0) is 17.8 Å². The van der Waals surface area contributed by atoms with Crippen molar-refractivity contribution in [2.24, 2.45) is 4.99 Å². The summed E-state index contributed by atoms with van der Waals surface area (Å²) >= 11 is 0. The molecule has 2 N–H and O–H groups in total. The number of methoxy groups -OCH3 is 1. The Kier molecular flexibility index (Phi) is 6.75. The van der Waals surface area contributed by atoms with Crippen molar-refractivity contribution in [3.05, 3.63) is 94.8 Å². The summed E-state index contributed by atoms with van der Waals surface area (Å²) in [6.45, 7) is 3.30. The van der Waals surface area contributed by atoms with E-state index in [9.17, 15) is 14.3 Å². The van der Waals surface area contributed by atoms with Gasteiger partial charge in [-0.1, -0.05) is 30.3 Å². The predicted octanol–water partition coefficient (Wildman–Crippen LogP) is 5.57. The molecule has 0 saturated carbocycles. The number of aliphatic imine (C=N–C) groups is 1. The Morgan fingerprint density at radius 1 is 1.03 bits per heavy atom. The average molecular weight is 460 g/mol. The van der Waals surface area contributed by atoms with Crippen LogP contribution in [0, 0.1) is 5.82 Å². The molecule has 0 bridgehead atoms. The summed E-state index contributed by atoms with van der Waals surface area (Å²) in [5, 5.41) is 11.2. The minimum Gasteiger partial charge on any atom is -0.494 e. The molecule has 1 aromatic heterocycles. The van der Waals surface area contributed by atoms with Crippen LogP contribution in [-0.4, -0.2) is 40.8 Å². The van der Waals surface area contributed by atoms with E-state index >= 15 is 0 Å². The molecule has 0 aliphatic heterocycles. The van der Waals surface area contributed by atoms with Crippen LogP contribution in [0.4, 0.5) is 10.1 Å². The number of benzene rings is 3. The minimum absolute atomic E-state index is 0.00250. The molecule has 0 fully saturated rings. The molecule has 0 aliphatic carbocycles. The first-order chi connectivity index (χ1) is 16.3. The maximum absolute atomic E-state index is 13.1. The number of carbonyl (C=O) groups excluding carboxylic acids is 1. The number of halogens is 1. The number of ether oxygens (including phenoxy) is 1. The van der Waals surface area contributed by atoms with Crippen molar-refractivity contribution in [2.75, 3.05) is 14.2 Å². The summed E-state index contributed by atoms with van der Waals surface area (Å²) in [6.07, 6.45) is 0. The average Bonchev–Trinajstić information content (AvgIpc) is 3.16. The maximum Gasteiger partial charge on any atom is 0.337 e. The van der Waals surface area contributed by atoms with Crippen LogP contribution in [0.3, 0.4) is 0 Å². The van der Waals surface area contributed by atoms with Crippen LogP contribution < -0.4 is 0 Å². The van der Waals surface area contributed by atoms with Gasteiger partial charge in [0.15, 0.2) is 5.88 Å². The molecule has 0 radical (unpaired) electrons. The number of aromatic hydroxyl groups is 1. The SMILES string of the molecule is COC(=O)c1ccc2c(C(C)=Nc3ccc(CN(C)Cc4ccc(F)cc4)cc3)c(O)[nH]c2c1. The van der Waals surface area contributed by atoms with E-state index in [0.29, 0.717) is 22.4 Å². The number of aromatic amines is 1. The number of hydrogen-bond acceptors (Lipinski definition) is 5. The van der Waals surface area contributed by atoms with Gasteiger partial charge in [0, 0.05) is 24.0 Å². The van der Waals surface area contributed by atoms with Gasteiger partial charge in [0.1, 0.15) is 5.82 Å². The quantitative estimate of drug-likeness (QED) is 0.280. The van der Waals surface area contributed by atoms with Crippen LogP contribution in [0.15, 0.2) is 71.7 Å². The first-order valence-electron chi connectivity index (χ1n) is 10.8. The van der Waals surface area contributed by atoms with Crippen LogP contribution >= 0.6 is 0 Å². The van der Waals surface area contributed by atoms with Gasteiger partial charge in [0.25, 0.3) is 0 Å². The van der Waals surface area contributed by atoms with Crippen LogP contribution in [0.5, 0.6) is 5.88 Å². The lowest BCUT2D eigenvalue weighted by Crippen LogP contribution is -2.17. The van der Waals surface area contributed by atoms with E-state index in [0.717, 1.165) is 35.3 Å². The zero-order valence-corrected chi connectivity index (χ0v) is 19.3. The number of nitrogens with one attached hydrogen (secondary N) is 1. The molecule has 34 heavy (non-hydrogen) atoms. The molecule has 0 saturated heterocycles. The van der Waals surface area contributed by atoms with Crippen LogP contribution in [0.2, 0.25) is 0 Å². The van der Waals surface area contributed by atoms with Gasteiger partial charge in [-0.2, -0.15) is 0 Å². The second kappa shape index (κ2) is 9.89. The molecule has 0 amide bonds. The third-order valence-electron chi connectivity index (χ3n) is 5.61. The third-order valence-corrected chi connectivity index (χ3v) is 5.61. The maximum atomic E-state index is 13.1. The highest BCUT2D eigenvalue weighted by Gasteiger charge is 2.16. The molecule has 0 spiro atoms. The van der Waals surface area contributed by atoms with Gasteiger partial charge in [0.2, 0.25) is 0 Å². The van der Waals surface area contributed by atoms with Gasteiger partial charge in [-0.15, -0.1) is 0 Å². The number of aromatic nitrogens is 1. The molecule has 0 atom stereocenters. The van der Waals surface area contributed by atoms with Crippen molar-refractivity contribution >= 4 is 28.3 Å². The molecule has 3 aromatic carbocycles. The van der Waals surface area contributed by atoms with Gasteiger partial charge in [-0.25, -0.2) is 9.18 Å². The number of H-pyrrole nitrogens is 1. The summed E-state index contributed by atoms with van der Waals surface area (Å²) in [5.41, 5.74) is 5.22. The highest BCUT2D eigenvalue weighted by Crippen LogP contribution is 2.30. The van der Waals surface area contributed by atoms with Crippen molar-refractivity contribution in [2.45, 2.75) is 20.0 Å². The number of rotatable bonds is 7. The highest BCUT2D eigenvalue weighted by molar-refractivity contribution is 6.13. The molecular weight excluding hydrogens is 433 g/mol. The lowest BCUT2D eigenvalue weighted by molar-refractivity contribution is 0.0601. The molecule has 0 unspecified atom stereocenters. The number of esters is 1. The molecule has 1 heterocycles. The molecule has 6 nitrogen and oxygen atoms in total. The Hall–Kier alpha value is -3.97. The first kappa shape index (κ1) is 23.2. The Labute approximate surface area is 197 Å². The number of nitrogens with zero attached hydrogens (tertiary/aromatic N) is 2. The second-order valence-electron chi connectivity index (χ2n) is 8.26. The van der Waals surface area contributed by atoms with E-state index in [-0.39, 0.29) is 11.7 Å². The second-order valence-corrected chi connectivity index (χ2v) is 8.26. The van der Waals surface area contributed by atoms with Crippen molar-refractivity contribution in [3.8, 4) is 5.88 Å². The van der Waals surface area contributed by atoms with Crippen molar-refractivity contribution in [1.29, 1.82) is 0 Å². The summed E-state index contributed by atoms with van der Waals surface area (Å²) < 4.78 is 17.9. The number of carbonyl (C=O) groups is 1. The van der Waals surface area contributed by atoms with Gasteiger partial charge < -0.3 is 14.8 Å². The monoisotopic (exact) mass is 459 g/mol. The summed E-state index contributed by atoms with van der Waals surface area (Å²) in [4.78, 5) is 21.5. The Morgan fingerprint density at radius 3 is 2.26 bits per heavy atom. The summed E-state index contributed by atoms with van der Waals surface area (Å²) in [7, 11) is 3.35. The number of fused-ring (bicyclic) bond motifs is 1. The molecule has 7 heteroatoms. The van der Waals surface area contributed by atoms with E-state index < -0.39 is 5.97 Å². The smallest absolute Gasteiger partial charge is 0.337 e. The predicted molar refractivity (Wildman–Crippen MR) is 131 cm³/mol. The van der Waals surface area contributed by atoms with E-state index in [2.05, 4.69) is 14.9 Å².